The van der Waals surface area contributed by atoms with Crippen LogP contribution in [0.3, 0.4) is 0 Å². The quantitative estimate of drug-likeness (QED) is 0.223. The van der Waals surface area contributed by atoms with E-state index >= 15 is 0 Å². The van der Waals surface area contributed by atoms with Crippen LogP contribution in [0.2, 0.25) is 0 Å². The molecular weight excluding hydrogens is 218 g/mol. The Morgan fingerprint density at radius 1 is 1.59 bits per heavy atom. The minimum atomic E-state index is -0.911. The summed E-state index contributed by atoms with van der Waals surface area (Å²) in [6.45, 7) is 8.90. The molecule has 0 rings (SSSR count). The number of amidine groups is 1. The molecule has 5 nitrogen and oxygen atoms in total. The monoisotopic (exact) mass is 237 g/mol. The van der Waals surface area contributed by atoms with Gasteiger partial charge >= 0.3 is 5.97 Å². The zero-order valence-corrected chi connectivity index (χ0v) is 10.4. The molecule has 0 bridgehead atoms. The van der Waals surface area contributed by atoms with Crippen molar-refractivity contribution in [2.45, 2.75) is 20.8 Å². The molecule has 4 N–H and O–H groups in total. The molecule has 0 aromatic carbocycles. The summed E-state index contributed by atoms with van der Waals surface area (Å²) in [6, 6.07) is 0. The number of hydrazone groups is 1. The van der Waals surface area contributed by atoms with Crippen LogP contribution in [0.15, 0.2) is 41.2 Å². The van der Waals surface area contributed by atoms with Gasteiger partial charge in [-0.3, -0.25) is 4.79 Å². The lowest BCUT2D eigenvalue weighted by Gasteiger charge is -2.15. The predicted molar refractivity (Wildman–Crippen MR) is 69.3 cm³/mol. The van der Waals surface area contributed by atoms with Gasteiger partial charge in [-0.25, -0.2) is 0 Å². The number of carbonyl (C=O) groups is 1. The molecule has 0 aliphatic heterocycles. The van der Waals surface area contributed by atoms with Crippen molar-refractivity contribution in [3.8, 4) is 0 Å². The number of allylic oxidation sites excluding steroid dienone is 4. The Morgan fingerprint density at radius 2 is 2.18 bits per heavy atom. The molecule has 1 atom stereocenters. The van der Waals surface area contributed by atoms with E-state index in [2.05, 4.69) is 17.0 Å². The third-order valence-electron chi connectivity index (χ3n) is 2.18. The van der Waals surface area contributed by atoms with Crippen LogP contribution < -0.4 is 11.2 Å². The Balaban J connectivity index is 5.07. The average molecular weight is 237 g/mol. The van der Waals surface area contributed by atoms with Gasteiger partial charge in [0.25, 0.3) is 0 Å². The van der Waals surface area contributed by atoms with Crippen LogP contribution in [-0.2, 0) is 4.79 Å². The van der Waals surface area contributed by atoms with Crippen LogP contribution in [0.1, 0.15) is 20.8 Å². The number of hydrogen-bond donors (Lipinski definition) is 3. The lowest BCUT2D eigenvalue weighted by atomic mass is 9.98. The van der Waals surface area contributed by atoms with E-state index in [1.54, 1.807) is 26.0 Å². The van der Waals surface area contributed by atoms with Gasteiger partial charge in [-0.05, 0) is 26.3 Å². The van der Waals surface area contributed by atoms with Crippen LogP contribution in [0.25, 0.3) is 0 Å². The van der Waals surface area contributed by atoms with Crippen LogP contribution in [0.4, 0.5) is 0 Å². The lowest BCUT2D eigenvalue weighted by Crippen LogP contribution is -2.25. The third kappa shape index (κ3) is 5.01. The standard InChI is InChI=1S/C12H19N3O2/c1-5-6-7-11(8(2)12(16)17)9(3)14-10(4)15-13/h5-8H,3,13H2,1-2,4H3,(H,14,15)(H,16,17)/b6-5-,11-7-. The fraction of sp³-hybridized carbons (Fsp3) is 0.333. The maximum atomic E-state index is 11.0. The summed E-state index contributed by atoms with van der Waals surface area (Å²) in [5, 5.41) is 15.3. The molecule has 0 aromatic rings. The van der Waals surface area contributed by atoms with Gasteiger partial charge in [-0.1, -0.05) is 24.8 Å². The predicted octanol–water partition coefficient (Wildman–Crippen LogP) is 1.61. The molecule has 0 aliphatic carbocycles. The Morgan fingerprint density at radius 3 is 2.59 bits per heavy atom. The smallest absolute Gasteiger partial charge is 0.310 e. The van der Waals surface area contributed by atoms with Gasteiger partial charge in [-0.2, -0.15) is 5.10 Å². The molecule has 0 spiro atoms. The first kappa shape index (κ1) is 15.0. The largest absolute Gasteiger partial charge is 0.481 e. The van der Waals surface area contributed by atoms with Crippen LogP contribution in [0.5, 0.6) is 0 Å². The molecule has 0 saturated carbocycles. The fourth-order valence-corrected chi connectivity index (χ4v) is 1.16. The topological polar surface area (TPSA) is 87.7 Å². The molecule has 0 fully saturated rings. The SMILES string of the molecule is C=C(N/C(C)=N\N)/C(=C\C=C/C)C(C)C(=O)O. The minimum Gasteiger partial charge on any atom is -0.481 e. The first-order valence-electron chi connectivity index (χ1n) is 5.20. The fourth-order valence-electron chi connectivity index (χ4n) is 1.16. The summed E-state index contributed by atoms with van der Waals surface area (Å²) < 4.78 is 0. The second kappa shape index (κ2) is 7.27. The first-order valence-corrected chi connectivity index (χ1v) is 5.20. The maximum Gasteiger partial charge on any atom is 0.310 e. The number of aliphatic carboxylic acids is 1. The van der Waals surface area contributed by atoms with E-state index in [1.165, 1.54) is 0 Å². The highest BCUT2D eigenvalue weighted by atomic mass is 16.4. The molecule has 1 unspecified atom stereocenters. The molecule has 5 heteroatoms. The van der Waals surface area contributed by atoms with E-state index < -0.39 is 11.9 Å². The van der Waals surface area contributed by atoms with Gasteiger partial charge in [0.05, 0.1) is 5.92 Å². The van der Waals surface area contributed by atoms with E-state index in [0.717, 1.165) is 0 Å². The number of carboxylic acid groups (broad SMARTS) is 1. The molecule has 0 amide bonds. The molecule has 94 valence electrons. The van der Waals surface area contributed by atoms with Crippen LogP contribution >= 0.6 is 0 Å². The molecule has 0 heterocycles. The Labute approximate surface area is 101 Å². The van der Waals surface area contributed by atoms with E-state index in [9.17, 15) is 4.79 Å². The molecule has 17 heavy (non-hydrogen) atoms. The van der Waals surface area contributed by atoms with Crippen molar-refractivity contribution in [1.29, 1.82) is 0 Å². The Bertz CT molecular complexity index is 381. The summed E-state index contributed by atoms with van der Waals surface area (Å²) in [4.78, 5) is 11.0. The summed E-state index contributed by atoms with van der Waals surface area (Å²) in [6.07, 6.45) is 5.28. The Hall–Kier alpha value is -2.04. The van der Waals surface area contributed by atoms with Gasteiger partial charge in [0.2, 0.25) is 0 Å². The second-order valence-electron chi connectivity index (χ2n) is 3.53. The van der Waals surface area contributed by atoms with E-state index in [4.69, 9.17) is 10.9 Å². The summed E-state index contributed by atoms with van der Waals surface area (Å²) in [5.41, 5.74) is 1.06. The van der Waals surface area contributed by atoms with E-state index in [-0.39, 0.29) is 0 Å². The number of nitrogens with zero attached hydrogens (tertiary/aromatic N) is 1. The van der Waals surface area contributed by atoms with Gasteiger partial charge < -0.3 is 16.3 Å². The zero-order chi connectivity index (χ0) is 13.4. The van der Waals surface area contributed by atoms with Crippen LogP contribution in [0, 0.1) is 5.92 Å². The maximum absolute atomic E-state index is 11.0. The van der Waals surface area contributed by atoms with Crippen molar-refractivity contribution in [3.05, 3.63) is 36.1 Å². The van der Waals surface area contributed by atoms with Gasteiger partial charge in [0.1, 0.15) is 5.84 Å². The molecular formula is C12H19N3O2. The first-order chi connectivity index (χ1) is 7.93. The molecule has 0 saturated heterocycles. The highest BCUT2D eigenvalue weighted by molar-refractivity contribution is 5.83. The zero-order valence-electron chi connectivity index (χ0n) is 10.4. The summed E-state index contributed by atoms with van der Waals surface area (Å²) in [7, 11) is 0. The molecule has 0 aliphatic rings. The number of nitrogens with two attached hydrogens (primary N) is 1. The van der Waals surface area contributed by atoms with Crippen molar-refractivity contribution in [2.24, 2.45) is 16.9 Å². The number of nitrogens with one attached hydrogen (secondary N) is 1. The summed E-state index contributed by atoms with van der Waals surface area (Å²) >= 11 is 0. The highest BCUT2D eigenvalue weighted by Gasteiger charge is 2.18. The van der Waals surface area contributed by atoms with Crippen molar-refractivity contribution >= 4 is 11.8 Å². The number of rotatable bonds is 5. The van der Waals surface area contributed by atoms with Gasteiger partial charge in [0, 0.05) is 5.70 Å². The summed E-state index contributed by atoms with van der Waals surface area (Å²) in [5.74, 6) is 4.00. The van der Waals surface area contributed by atoms with Crippen molar-refractivity contribution in [2.75, 3.05) is 0 Å². The Kier molecular flexibility index (Phi) is 6.40. The molecule has 0 aromatic heterocycles. The molecule has 0 radical (unpaired) electrons. The van der Waals surface area contributed by atoms with E-state index in [1.807, 2.05) is 13.0 Å². The van der Waals surface area contributed by atoms with Crippen LogP contribution in [-0.4, -0.2) is 16.9 Å². The normalized spacial score (nSPS) is 14.8. The number of carboxylic acids is 1. The number of hydrogen-bond acceptors (Lipinski definition) is 3. The lowest BCUT2D eigenvalue weighted by molar-refractivity contribution is -0.139. The van der Waals surface area contributed by atoms with Crippen molar-refractivity contribution < 1.29 is 9.90 Å². The third-order valence-corrected chi connectivity index (χ3v) is 2.18. The van der Waals surface area contributed by atoms with E-state index in [0.29, 0.717) is 17.1 Å². The van der Waals surface area contributed by atoms with Gasteiger partial charge in [0.15, 0.2) is 0 Å². The van der Waals surface area contributed by atoms with Gasteiger partial charge in [-0.15, -0.1) is 0 Å². The average Bonchev–Trinajstić information content (AvgIpc) is 2.28. The second-order valence-corrected chi connectivity index (χ2v) is 3.53. The highest BCUT2D eigenvalue weighted by Crippen LogP contribution is 2.17. The minimum absolute atomic E-state index is 0.471. The van der Waals surface area contributed by atoms with Crippen molar-refractivity contribution in [1.82, 2.24) is 5.32 Å². The van der Waals surface area contributed by atoms with Crippen molar-refractivity contribution in [3.63, 3.8) is 0 Å².